The van der Waals surface area contributed by atoms with Crippen LogP contribution >= 0.6 is 11.8 Å². The van der Waals surface area contributed by atoms with Gasteiger partial charge >= 0.3 is 0 Å². The summed E-state index contributed by atoms with van der Waals surface area (Å²) in [5.74, 6) is 0.717. The first kappa shape index (κ1) is 17.9. The van der Waals surface area contributed by atoms with E-state index in [2.05, 4.69) is 10.9 Å². The molecule has 0 atom stereocenters. The van der Waals surface area contributed by atoms with Crippen LogP contribution in [0, 0.1) is 6.92 Å². The highest BCUT2D eigenvalue weighted by molar-refractivity contribution is 7.97. The number of hydrogen-bond donors (Lipinski definition) is 2. The summed E-state index contributed by atoms with van der Waals surface area (Å²) in [6, 6.07) is 14.7. The number of rotatable bonds is 6. The van der Waals surface area contributed by atoms with Crippen molar-refractivity contribution in [3.63, 3.8) is 0 Å². The van der Waals surface area contributed by atoms with Gasteiger partial charge < -0.3 is 4.74 Å². The smallest absolute Gasteiger partial charge is 0.276 e. The van der Waals surface area contributed by atoms with Crippen molar-refractivity contribution in [2.75, 3.05) is 12.9 Å². The Kier molecular flexibility index (Phi) is 6.69. The maximum Gasteiger partial charge on any atom is 0.276 e. The van der Waals surface area contributed by atoms with Crippen LogP contribution in [0.5, 0.6) is 5.75 Å². The minimum absolute atomic E-state index is 0.170. The van der Waals surface area contributed by atoms with Gasteiger partial charge in [0, 0.05) is 11.3 Å². The van der Waals surface area contributed by atoms with E-state index in [0.29, 0.717) is 11.3 Å². The number of carbonyl (C=O) groups is 2. The van der Waals surface area contributed by atoms with Crippen molar-refractivity contribution in [3.8, 4) is 5.75 Å². The van der Waals surface area contributed by atoms with E-state index in [0.717, 1.165) is 16.9 Å². The van der Waals surface area contributed by atoms with Crippen molar-refractivity contribution in [1.29, 1.82) is 0 Å². The van der Waals surface area contributed by atoms with Gasteiger partial charge in [-0.3, -0.25) is 20.4 Å². The Morgan fingerprint density at radius 1 is 1.08 bits per heavy atom. The minimum atomic E-state index is -0.427. The Morgan fingerprint density at radius 3 is 2.50 bits per heavy atom. The third kappa shape index (κ3) is 5.62. The molecule has 0 fully saturated rings. The first-order valence-corrected chi connectivity index (χ1v) is 8.84. The fourth-order valence-corrected chi connectivity index (χ4v) is 2.53. The van der Waals surface area contributed by atoms with Crippen molar-refractivity contribution in [2.24, 2.45) is 0 Å². The SMILES string of the molecule is CSCc1ccc(C(=O)NNC(=O)COc2cccc(C)c2)cc1. The molecule has 6 heteroatoms. The molecule has 126 valence electrons. The van der Waals surface area contributed by atoms with Crippen LogP contribution < -0.4 is 15.6 Å². The number of hydrogen-bond acceptors (Lipinski definition) is 4. The number of benzene rings is 2. The number of carbonyl (C=O) groups excluding carboxylic acids is 2. The molecular formula is C18H20N2O3S. The van der Waals surface area contributed by atoms with E-state index in [1.54, 1.807) is 30.0 Å². The quantitative estimate of drug-likeness (QED) is 0.791. The summed E-state index contributed by atoms with van der Waals surface area (Å²) in [6.07, 6.45) is 2.02. The number of nitrogens with one attached hydrogen (secondary N) is 2. The van der Waals surface area contributed by atoms with Gasteiger partial charge in [0.05, 0.1) is 0 Å². The first-order chi connectivity index (χ1) is 11.6. The van der Waals surface area contributed by atoms with Gasteiger partial charge in [0.1, 0.15) is 5.75 Å². The van der Waals surface area contributed by atoms with Gasteiger partial charge in [0.2, 0.25) is 0 Å². The van der Waals surface area contributed by atoms with Crippen molar-refractivity contribution in [3.05, 3.63) is 65.2 Å². The van der Waals surface area contributed by atoms with Crippen molar-refractivity contribution in [1.82, 2.24) is 10.9 Å². The monoisotopic (exact) mass is 344 g/mol. The summed E-state index contributed by atoms with van der Waals surface area (Å²) in [4.78, 5) is 23.7. The second-order valence-electron chi connectivity index (χ2n) is 5.24. The molecule has 0 aromatic heterocycles. The molecule has 2 aromatic rings. The Labute approximate surface area is 145 Å². The summed E-state index contributed by atoms with van der Waals surface area (Å²) < 4.78 is 5.36. The molecule has 24 heavy (non-hydrogen) atoms. The number of aryl methyl sites for hydroxylation is 1. The average Bonchev–Trinajstić information content (AvgIpc) is 2.59. The maximum absolute atomic E-state index is 12.0. The Morgan fingerprint density at radius 2 is 1.83 bits per heavy atom. The van der Waals surface area contributed by atoms with Gasteiger partial charge in [-0.25, -0.2) is 0 Å². The molecule has 2 amide bonds. The van der Waals surface area contributed by atoms with E-state index >= 15 is 0 Å². The van der Waals surface area contributed by atoms with Crippen LogP contribution in [0.4, 0.5) is 0 Å². The lowest BCUT2D eigenvalue weighted by Crippen LogP contribution is -2.43. The summed E-state index contributed by atoms with van der Waals surface area (Å²) in [5, 5.41) is 0. The molecule has 0 aliphatic carbocycles. The molecule has 0 spiro atoms. The highest BCUT2D eigenvalue weighted by atomic mass is 32.2. The minimum Gasteiger partial charge on any atom is -0.484 e. The van der Waals surface area contributed by atoms with Crippen molar-refractivity contribution in [2.45, 2.75) is 12.7 Å². The zero-order chi connectivity index (χ0) is 17.4. The molecule has 0 bridgehead atoms. The van der Waals surface area contributed by atoms with E-state index in [1.807, 2.05) is 43.5 Å². The van der Waals surface area contributed by atoms with E-state index in [1.165, 1.54) is 0 Å². The predicted molar refractivity (Wildman–Crippen MR) is 95.9 cm³/mol. The van der Waals surface area contributed by atoms with Crippen LogP contribution in [0.15, 0.2) is 48.5 Å². The topological polar surface area (TPSA) is 67.4 Å². The third-order valence-corrected chi connectivity index (χ3v) is 3.82. The van der Waals surface area contributed by atoms with Crippen molar-refractivity contribution >= 4 is 23.6 Å². The number of ether oxygens (including phenoxy) is 1. The molecule has 0 saturated carbocycles. The molecule has 2 N–H and O–H groups in total. The van der Waals surface area contributed by atoms with Gasteiger partial charge in [0.15, 0.2) is 6.61 Å². The summed E-state index contributed by atoms with van der Waals surface area (Å²) in [7, 11) is 0. The normalized spacial score (nSPS) is 10.1. The van der Waals surface area contributed by atoms with E-state index in [4.69, 9.17) is 4.74 Å². The second-order valence-corrected chi connectivity index (χ2v) is 6.10. The highest BCUT2D eigenvalue weighted by Crippen LogP contribution is 2.12. The van der Waals surface area contributed by atoms with Crippen LogP contribution in [0.3, 0.4) is 0 Å². The van der Waals surface area contributed by atoms with E-state index < -0.39 is 5.91 Å². The summed E-state index contributed by atoms with van der Waals surface area (Å²) >= 11 is 1.72. The third-order valence-electron chi connectivity index (χ3n) is 3.20. The van der Waals surface area contributed by atoms with Gasteiger partial charge in [0.25, 0.3) is 11.8 Å². The molecule has 5 nitrogen and oxygen atoms in total. The molecule has 2 aromatic carbocycles. The zero-order valence-electron chi connectivity index (χ0n) is 13.7. The standard InChI is InChI=1S/C18H20N2O3S/c1-13-4-3-5-16(10-13)23-11-17(21)19-20-18(22)15-8-6-14(7-9-15)12-24-2/h3-10H,11-12H2,1-2H3,(H,19,21)(H,20,22). The van der Waals surface area contributed by atoms with Crippen molar-refractivity contribution < 1.29 is 14.3 Å². The fraction of sp³-hybridized carbons (Fsp3) is 0.222. The Balaban J connectivity index is 1.77. The molecule has 2 rings (SSSR count). The molecule has 0 aliphatic heterocycles. The van der Waals surface area contributed by atoms with Gasteiger partial charge in [-0.1, -0.05) is 24.3 Å². The van der Waals surface area contributed by atoms with Crippen LogP contribution in [0.1, 0.15) is 21.5 Å². The lowest BCUT2D eigenvalue weighted by Gasteiger charge is -2.09. The lowest BCUT2D eigenvalue weighted by molar-refractivity contribution is -0.123. The van der Waals surface area contributed by atoms with E-state index in [-0.39, 0.29) is 12.5 Å². The summed E-state index contributed by atoms with van der Waals surface area (Å²) in [5.41, 5.74) is 7.39. The summed E-state index contributed by atoms with van der Waals surface area (Å²) in [6.45, 7) is 1.77. The molecular weight excluding hydrogens is 324 g/mol. The Hall–Kier alpha value is -2.47. The fourth-order valence-electron chi connectivity index (χ4n) is 2.01. The highest BCUT2D eigenvalue weighted by Gasteiger charge is 2.08. The molecule has 0 saturated heterocycles. The predicted octanol–water partition coefficient (Wildman–Crippen LogP) is 2.70. The average molecular weight is 344 g/mol. The maximum atomic E-state index is 12.0. The van der Waals surface area contributed by atoms with Crippen LogP contribution in [-0.4, -0.2) is 24.7 Å². The first-order valence-electron chi connectivity index (χ1n) is 7.45. The van der Waals surface area contributed by atoms with Crippen LogP contribution in [-0.2, 0) is 10.5 Å². The van der Waals surface area contributed by atoms with Gasteiger partial charge in [-0.15, -0.1) is 0 Å². The molecule has 0 unspecified atom stereocenters. The van der Waals surface area contributed by atoms with Crippen LogP contribution in [0.2, 0.25) is 0 Å². The molecule has 0 aliphatic rings. The van der Waals surface area contributed by atoms with E-state index in [9.17, 15) is 9.59 Å². The van der Waals surface area contributed by atoms with Gasteiger partial charge in [-0.2, -0.15) is 11.8 Å². The second kappa shape index (κ2) is 8.98. The van der Waals surface area contributed by atoms with Gasteiger partial charge in [-0.05, 0) is 48.6 Å². The lowest BCUT2D eigenvalue weighted by atomic mass is 10.1. The number of thioether (sulfide) groups is 1. The largest absolute Gasteiger partial charge is 0.484 e. The zero-order valence-corrected chi connectivity index (χ0v) is 14.5. The van der Waals surface area contributed by atoms with Crippen LogP contribution in [0.25, 0.3) is 0 Å². The molecule has 0 radical (unpaired) electrons. The Bertz CT molecular complexity index is 702. The number of hydrazine groups is 1. The number of amides is 2. The molecule has 0 heterocycles.